The molecule has 0 heterocycles. The molecule has 29 heavy (non-hydrogen) atoms. The largest absolute Gasteiger partial charge is 0.465 e. The third-order valence-corrected chi connectivity index (χ3v) is 5.52. The van der Waals surface area contributed by atoms with Gasteiger partial charge in [0.05, 0.1) is 30.2 Å². The SMILES string of the molecule is C=C(C#N)/C(C#CCCCC)=C(\C=C/C)SCCC(=O)OCC(CC)CCCC. The topological polar surface area (TPSA) is 50.1 Å². The number of nitrogens with zero attached hydrogens (tertiary/aromatic N) is 1. The predicted octanol–water partition coefficient (Wildman–Crippen LogP) is 6.97. The Labute approximate surface area is 182 Å². The van der Waals surface area contributed by atoms with Crippen molar-refractivity contribution >= 4 is 17.7 Å². The number of carbonyl (C=O) groups excluding carboxylic acids is 1. The van der Waals surface area contributed by atoms with E-state index in [2.05, 4.69) is 45.3 Å². The van der Waals surface area contributed by atoms with Crippen LogP contribution in [0.3, 0.4) is 0 Å². The summed E-state index contributed by atoms with van der Waals surface area (Å²) >= 11 is 1.52. The minimum atomic E-state index is -0.165. The summed E-state index contributed by atoms with van der Waals surface area (Å²) in [7, 11) is 0. The highest BCUT2D eigenvalue weighted by Gasteiger charge is 2.12. The number of hydrogen-bond acceptors (Lipinski definition) is 4. The van der Waals surface area contributed by atoms with Gasteiger partial charge >= 0.3 is 5.97 Å². The number of rotatable bonds is 14. The fourth-order valence-corrected chi connectivity index (χ4v) is 3.58. The average molecular weight is 416 g/mol. The lowest BCUT2D eigenvalue weighted by atomic mass is 10.0. The van der Waals surface area contributed by atoms with Gasteiger partial charge in [-0.05, 0) is 25.7 Å². The fourth-order valence-electron chi connectivity index (χ4n) is 2.54. The van der Waals surface area contributed by atoms with Crippen molar-refractivity contribution in [2.75, 3.05) is 12.4 Å². The summed E-state index contributed by atoms with van der Waals surface area (Å²) in [6.07, 6.45) is 11.6. The van der Waals surface area contributed by atoms with Crippen LogP contribution in [0.2, 0.25) is 0 Å². The molecular formula is C25H37NO2S. The Hall–Kier alpha value is -1.91. The summed E-state index contributed by atoms with van der Waals surface area (Å²) in [6, 6.07) is 2.11. The first-order chi connectivity index (χ1) is 14.0. The summed E-state index contributed by atoms with van der Waals surface area (Å²) in [5.41, 5.74) is 1.02. The first-order valence-electron chi connectivity index (χ1n) is 10.8. The molecule has 0 aliphatic rings. The zero-order valence-electron chi connectivity index (χ0n) is 18.7. The minimum Gasteiger partial charge on any atom is -0.465 e. The van der Waals surface area contributed by atoms with Gasteiger partial charge in [0.15, 0.2) is 0 Å². The van der Waals surface area contributed by atoms with Crippen molar-refractivity contribution in [2.45, 2.75) is 79.1 Å². The highest BCUT2D eigenvalue weighted by atomic mass is 32.2. The highest BCUT2D eigenvalue weighted by Crippen LogP contribution is 2.26. The number of hydrogen-bond donors (Lipinski definition) is 0. The van der Waals surface area contributed by atoms with E-state index in [-0.39, 0.29) is 5.97 Å². The zero-order chi connectivity index (χ0) is 21.9. The average Bonchev–Trinajstić information content (AvgIpc) is 2.73. The first-order valence-corrected chi connectivity index (χ1v) is 11.8. The zero-order valence-corrected chi connectivity index (χ0v) is 19.5. The summed E-state index contributed by atoms with van der Waals surface area (Å²) in [5.74, 6) is 7.13. The molecule has 1 atom stereocenters. The lowest BCUT2D eigenvalue weighted by molar-refractivity contribution is -0.144. The van der Waals surface area contributed by atoms with Crippen molar-refractivity contribution in [1.82, 2.24) is 0 Å². The molecule has 0 N–H and O–H groups in total. The Kier molecular flexibility index (Phi) is 16.9. The molecule has 0 bridgehead atoms. The van der Waals surface area contributed by atoms with Gasteiger partial charge in [-0.25, -0.2) is 0 Å². The normalized spacial score (nSPS) is 12.5. The molecule has 0 saturated carbocycles. The van der Waals surface area contributed by atoms with Crippen LogP contribution in [0.5, 0.6) is 0 Å². The number of allylic oxidation sites excluding steroid dienone is 4. The number of carbonyl (C=O) groups is 1. The van der Waals surface area contributed by atoms with Crippen LogP contribution >= 0.6 is 11.8 Å². The number of thioether (sulfide) groups is 1. The molecule has 4 heteroatoms. The standard InChI is InChI=1S/C25H37NO2S/c1-6-10-12-13-16-23(21(5)19-26)24(14-8-3)29-18-17-25(27)28-20-22(9-4)15-11-7-2/h8,14,22H,5-7,9-12,15,17-18,20H2,1-4H3/b14-8-,24-23+. The second-order valence-electron chi connectivity index (χ2n) is 6.93. The monoisotopic (exact) mass is 415 g/mol. The molecule has 1 unspecified atom stereocenters. The lowest BCUT2D eigenvalue weighted by Gasteiger charge is -2.14. The molecule has 0 radical (unpaired) electrons. The summed E-state index contributed by atoms with van der Waals surface area (Å²) < 4.78 is 5.47. The third kappa shape index (κ3) is 13.0. The second-order valence-corrected chi connectivity index (χ2v) is 8.07. The van der Waals surface area contributed by atoms with E-state index in [0.29, 0.717) is 35.8 Å². The van der Waals surface area contributed by atoms with E-state index in [1.165, 1.54) is 24.6 Å². The Morgan fingerprint density at radius 3 is 2.55 bits per heavy atom. The molecule has 0 fully saturated rings. The second kappa shape index (κ2) is 18.1. The maximum Gasteiger partial charge on any atom is 0.306 e. The molecule has 0 aliphatic heterocycles. The summed E-state index contributed by atoms with van der Waals surface area (Å²) in [4.78, 5) is 13.0. The third-order valence-electron chi connectivity index (χ3n) is 4.46. The van der Waals surface area contributed by atoms with Gasteiger partial charge in [0, 0.05) is 17.1 Å². The van der Waals surface area contributed by atoms with Crippen LogP contribution in [0.25, 0.3) is 0 Å². The van der Waals surface area contributed by atoms with Crippen LogP contribution in [0.15, 0.2) is 34.8 Å². The minimum absolute atomic E-state index is 0.165. The van der Waals surface area contributed by atoms with E-state index >= 15 is 0 Å². The number of esters is 1. The maximum atomic E-state index is 12.1. The lowest BCUT2D eigenvalue weighted by Crippen LogP contribution is -2.14. The number of nitriles is 1. The number of ether oxygens (including phenoxy) is 1. The van der Waals surface area contributed by atoms with Crippen LogP contribution < -0.4 is 0 Å². The van der Waals surface area contributed by atoms with E-state index in [1.807, 2.05) is 19.1 Å². The van der Waals surface area contributed by atoms with Crippen LogP contribution in [0.4, 0.5) is 0 Å². The van der Waals surface area contributed by atoms with Crippen LogP contribution in [0.1, 0.15) is 79.1 Å². The van der Waals surface area contributed by atoms with Crippen molar-refractivity contribution in [3.63, 3.8) is 0 Å². The van der Waals surface area contributed by atoms with Crippen LogP contribution in [0, 0.1) is 29.1 Å². The van der Waals surface area contributed by atoms with E-state index < -0.39 is 0 Å². The molecule has 0 aromatic heterocycles. The predicted molar refractivity (Wildman–Crippen MR) is 125 cm³/mol. The van der Waals surface area contributed by atoms with Gasteiger partial charge in [0.25, 0.3) is 0 Å². The van der Waals surface area contributed by atoms with E-state index in [1.54, 1.807) is 0 Å². The van der Waals surface area contributed by atoms with E-state index in [4.69, 9.17) is 4.74 Å². The van der Waals surface area contributed by atoms with Crippen molar-refractivity contribution in [1.29, 1.82) is 5.26 Å². The first kappa shape index (κ1) is 27.1. The Morgan fingerprint density at radius 1 is 1.24 bits per heavy atom. The van der Waals surface area contributed by atoms with Gasteiger partial charge in [-0.3, -0.25) is 4.79 Å². The van der Waals surface area contributed by atoms with Gasteiger partial charge in [-0.2, -0.15) is 5.26 Å². The Bertz CT molecular complexity index is 659. The molecule has 3 nitrogen and oxygen atoms in total. The smallest absolute Gasteiger partial charge is 0.306 e. The molecule has 0 aliphatic carbocycles. The van der Waals surface area contributed by atoms with Gasteiger partial charge in [0.1, 0.15) is 0 Å². The summed E-state index contributed by atoms with van der Waals surface area (Å²) in [6.45, 7) is 12.7. The van der Waals surface area contributed by atoms with E-state index in [0.717, 1.165) is 37.0 Å². The maximum absolute atomic E-state index is 12.1. The molecule has 160 valence electrons. The van der Waals surface area contributed by atoms with Crippen LogP contribution in [-0.2, 0) is 9.53 Å². The quantitative estimate of drug-likeness (QED) is 0.101. The van der Waals surface area contributed by atoms with E-state index in [9.17, 15) is 10.1 Å². The van der Waals surface area contributed by atoms with Gasteiger partial charge in [-0.15, -0.1) is 11.8 Å². The Morgan fingerprint density at radius 2 is 1.97 bits per heavy atom. The highest BCUT2D eigenvalue weighted by molar-refractivity contribution is 8.03. The Balaban J connectivity index is 4.89. The molecule has 0 saturated heterocycles. The van der Waals surface area contributed by atoms with Gasteiger partial charge in [-0.1, -0.05) is 77.0 Å². The van der Waals surface area contributed by atoms with Crippen LogP contribution in [-0.4, -0.2) is 18.3 Å². The molecular weight excluding hydrogens is 378 g/mol. The van der Waals surface area contributed by atoms with Crippen molar-refractivity contribution in [3.05, 3.63) is 34.8 Å². The summed E-state index contributed by atoms with van der Waals surface area (Å²) in [5, 5.41) is 9.29. The molecule has 0 rings (SSSR count). The van der Waals surface area contributed by atoms with Crippen molar-refractivity contribution in [2.24, 2.45) is 5.92 Å². The van der Waals surface area contributed by atoms with Crippen molar-refractivity contribution < 1.29 is 9.53 Å². The van der Waals surface area contributed by atoms with Gasteiger partial charge in [0.2, 0.25) is 0 Å². The van der Waals surface area contributed by atoms with Crippen molar-refractivity contribution in [3.8, 4) is 17.9 Å². The molecule has 0 aromatic rings. The molecule has 0 spiro atoms. The molecule has 0 amide bonds. The van der Waals surface area contributed by atoms with Gasteiger partial charge < -0.3 is 4.74 Å². The fraction of sp³-hybridized carbons (Fsp3) is 0.600. The molecule has 0 aromatic carbocycles. The number of unbranched alkanes of at least 4 members (excludes halogenated alkanes) is 3.